The van der Waals surface area contributed by atoms with E-state index in [0.29, 0.717) is 0 Å². The maximum absolute atomic E-state index is 9.85. The number of ether oxygens (including phenoxy) is 1. The van der Waals surface area contributed by atoms with Gasteiger partial charge in [0.05, 0.1) is 13.2 Å². The summed E-state index contributed by atoms with van der Waals surface area (Å²) in [4.78, 5) is 0. The lowest BCUT2D eigenvalue weighted by atomic mass is 9.79. The second-order valence-corrected chi connectivity index (χ2v) is 8.34. The van der Waals surface area contributed by atoms with Gasteiger partial charge in [0.25, 0.3) is 0 Å². The highest BCUT2D eigenvalue weighted by atomic mass is 16.5. The second-order valence-electron chi connectivity index (χ2n) is 8.34. The Labute approximate surface area is 170 Å². The van der Waals surface area contributed by atoms with Gasteiger partial charge in [0.1, 0.15) is 0 Å². The predicted octanol–water partition coefficient (Wildman–Crippen LogP) is 4.85. The summed E-state index contributed by atoms with van der Waals surface area (Å²) in [6.45, 7) is 6.02. The Bertz CT molecular complexity index is 599. The van der Waals surface area contributed by atoms with Crippen molar-refractivity contribution in [2.24, 2.45) is 0 Å². The first-order chi connectivity index (χ1) is 13.5. The van der Waals surface area contributed by atoms with E-state index in [0.717, 1.165) is 45.3 Å². The lowest BCUT2D eigenvalue weighted by molar-refractivity contribution is 0.111. The molecule has 0 bridgehead atoms. The molecule has 2 aromatic rings. The summed E-state index contributed by atoms with van der Waals surface area (Å²) in [7, 11) is 0. The Hall–Kier alpha value is -1.68. The Morgan fingerprint density at radius 1 is 0.643 bits per heavy atom. The summed E-state index contributed by atoms with van der Waals surface area (Å²) >= 11 is 0. The van der Waals surface area contributed by atoms with Crippen LogP contribution in [0.4, 0.5) is 0 Å². The quantitative estimate of drug-likeness (QED) is 0.485. The van der Waals surface area contributed by atoms with Crippen LogP contribution in [0.15, 0.2) is 60.7 Å². The van der Waals surface area contributed by atoms with Gasteiger partial charge >= 0.3 is 0 Å². The molecule has 2 unspecified atom stereocenters. The maximum Gasteiger partial charge on any atom is 0.0525 e. The van der Waals surface area contributed by atoms with Crippen molar-refractivity contribution in [2.75, 3.05) is 26.4 Å². The summed E-state index contributed by atoms with van der Waals surface area (Å²) in [6.07, 6.45) is 4.82. The van der Waals surface area contributed by atoms with Crippen molar-refractivity contribution in [2.45, 2.75) is 56.8 Å². The minimum Gasteiger partial charge on any atom is -0.395 e. The summed E-state index contributed by atoms with van der Waals surface area (Å²) < 4.78 is 5.82. The molecule has 0 amide bonds. The van der Waals surface area contributed by atoms with Crippen LogP contribution in [0.5, 0.6) is 0 Å². The van der Waals surface area contributed by atoms with Crippen LogP contribution in [-0.4, -0.2) is 36.6 Å². The summed E-state index contributed by atoms with van der Waals surface area (Å²) in [5.74, 6) is 0. The fourth-order valence-corrected chi connectivity index (χ4v) is 3.70. The average Bonchev–Trinajstić information content (AvgIpc) is 2.76. The minimum absolute atomic E-state index is 0.149. The van der Waals surface area contributed by atoms with Crippen LogP contribution < -0.4 is 0 Å². The van der Waals surface area contributed by atoms with Crippen molar-refractivity contribution in [1.29, 1.82) is 0 Å². The molecule has 3 heteroatoms. The molecular formula is C25H36O3. The van der Waals surface area contributed by atoms with Gasteiger partial charge in [0, 0.05) is 24.0 Å². The topological polar surface area (TPSA) is 49.7 Å². The van der Waals surface area contributed by atoms with E-state index in [1.54, 1.807) is 0 Å². The summed E-state index contributed by atoms with van der Waals surface area (Å²) in [5.41, 5.74) is 1.99. The maximum atomic E-state index is 9.85. The summed E-state index contributed by atoms with van der Waals surface area (Å²) in [6, 6.07) is 20.5. The molecule has 3 nitrogen and oxygen atoms in total. The highest BCUT2D eigenvalue weighted by molar-refractivity contribution is 5.25. The van der Waals surface area contributed by atoms with Crippen LogP contribution in [0.1, 0.15) is 57.1 Å². The molecule has 0 fully saturated rings. The van der Waals surface area contributed by atoms with Crippen molar-refractivity contribution in [1.82, 2.24) is 0 Å². The number of hydrogen-bond acceptors (Lipinski definition) is 3. The van der Waals surface area contributed by atoms with Crippen molar-refractivity contribution >= 4 is 0 Å². The predicted molar refractivity (Wildman–Crippen MR) is 116 cm³/mol. The molecule has 28 heavy (non-hydrogen) atoms. The lowest BCUT2D eigenvalue weighted by Crippen LogP contribution is -2.27. The Morgan fingerprint density at radius 2 is 1.07 bits per heavy atom. The third-order valence-corrected chi connectivity index (χ3v) is 5.92. The molecule has 0 aliphatic carbocycles. The molecule has 0 heterocycles. The normalized spacial score (nSPS) is 15.7. The molecule has 0 radical (unpaired) electrons. The van der Waals surface area contributed by atoms with Gasteiger partial charge < -0.3 is 14.9 Å². The number of unbranched alkanes of at least 4 members (excludes halogenated alkanes) is 1. The van der Waals surface area contributed by atoms with Crippen molar-refractivity contribution < 1.29 is 14.9 Å². The van der Waals surface area contributed by atoms with Crippen molar-refractivity contribution in [3.05, 3.63) is 71.8 Å². The Kier molecular flexibility index (Phi) is 9.17. The lowest BCUT2D eigenvalue weighted by Gasteiger charge is -2.28. The number of benzene rings is 2. The van der Waals surface area contributed by atoms with Crippen LogP contribution >= 0.6 is 0 Å². The third-order valence-electron chi connectivity index (χ3n) is 5.92. The monoisotopic (exact) mass is 384 g/mol. The smallest absolute Gasteiger partial charge is 0.0525 e. The molecule has 2 N–H and O–H groups in total. The molecule has 2 rings (SSSR count). The van der Waals surface area contributed by atoms with Crippen LogP contribution in [0.25, 0.3) is 0 Å². The average molecular weight is 385 g/mol. The fourth-order valence-electron chi connectivity index (χ4n) is 3.70. The second kappa shape index (κ2) is 11.4. The van der Waals surface area contributed by atoms with E-state index in [2.05, 4.69) is 38.1 Å². The molecule has 2 atom stereocenters. The van der Waals surface area contributed by atoms with Crippen molar-refractivity contribution in [3.8, 4) is 0 Å². The molecule has 0 aliphatic rings. The van der Waals surface area contributed by atoms with Crippen LogP contribution in [0.3, 0.4) is 0 Å². The van der Waals surface area contributed by atoms with Crippen molar-refractivity contribution in [3.63, 3.8) is 0 Å². The Morgan fingerprint density at radius 3 is 1.54 bits per heavy atom. The molecule has 0 spiro atoms. The standard InChI is InChI=1S/C25H36O3/c1-24(20-26,22-12-5-3-6-13-22)16-9-10-18-28-19-11-17-25(2,21-27)23-14-7-4-8-15-23/h3-8,12-15,26-27H,9-11,16-21H2,1-2H3. The van der Waals surface area contributed by atoms with E-state index in [4.69, 9.17) is 4.74 Å². The van der Waals surface area contributed by atoms with Crippen LogP contribution in [0.2, 0.25) is 0 Å². The molecule has 0 aromatic heterocycles. The largest absolute Gasteiger partial charge is 0.395 e. The number of aliphatic hydroxyl groups is 2. The fraction of sp³-hybridized carbons (Fsp3) is 0.520. The molecule has 0 saturated carbocycles. The van der Waals surface area contributed by atoms with Crippen LogP contribution in [-0.2, 0) is 15.6 Å². The van der Waals surface area contributed by atoms with E-state index in [1.165, 1.54) is 11.1 Å². The number of hydrogen-bond donors (Lipinski definition) is 2. The first kappa shape index (κ1) is 22.6. The highest BCUT2D eigenvalue weighted by Gasteiger charge is 2.26. The third kappa shape index (κ3) is 6.44. The van der Waals surface area contributed by atoms with E-state index >= 15 is 0 Å². The molecule has 2 aromatic carbocycles. The van der Waals surface area contributed by atoms with Gasteiger partial charge in [0.2, 0.25) is 0 Å². The zero-order valence-electron chi connectivity index (χ0n) is 17.4. The number of rotatable bonds is 13. The van der Waals surface area contributed by atoms with E-state index in [1.807, 2.05) is 36.4 Å². The van der Waals surface area contributed by atoms with E-state index in [-0.39, 0.29) is 24.0 Å². The molecular weight excluding hydrogens is 348 g/mol. The van der Waals surface area contributed by atoms with Gasteiger partial charge in [-0.1, -0.05) is 80.9 Å². The first-order valence-electron chi connectivity index (χ1n) is 10.4. The highest BCUT2D eigenvalue weighted by Crippen LogP contribution is 2.29. The molecule has 154 valence electrons. The first-order valence-corrected chi connectivity index (χ1v) is 10.4. The van der Waals surface area contributed by atoms with Gasteiger partial charge in [-0.3, -0.25) is 0 Å². The van der Waals surface area contributed by atoms with E-state index < -0.39 is 0 Å². The van der Waals surface area contributed by atoms with E-state index in [9.17, 15) is 10.2 Å². The Balaban J connectivity index is 1.64. The van der Waals surface area contributed by atoms with Gasteiger partial charge in [-0.2, -0.15) is 0 Å². The SMILES string of the molecule is CC(CO)(CCCCOCCCC(C)(CO)c1ccccc1)c1ccccc1. The molecule has 0 saturated heterocycles. The van der Waals surface area contributed by atoms with Gasteiger partial charge in [-0.05, 0) is 36.8 Å². The number of aliphatic hydroxyl groups excluding tert-OH is 2. The zero-order chi connectivity index (χ0) is 20.3. The van der Waals surface area contributed by atoms with Gasteiger partial charge in [-0.15, -0.1) is 0 Å². The zero-order valence-corrected chi connectivity index (χ0v) is 17.4. The van der Waals surface area contributed by atoms with Crippen LogP contribution in [0, 0.1) is 0 Å². The van der Waals surface area contributed by atoms with Gasteiger partial charge in [-0.25, -0.2) is 0 Å². The van der Waals surface area contributed by atoms with Gasteiger partial charge in [0.15, 0.2) is 0 Å². The minimum atomic E-state index is -0.205. The summed E-state index contributed by atoms with van der Waals surface area (Å²) in [5, 5.41) is 19.7. The molecule has 0 aliphatic heterocycles.